The maximum atomic E-state index is 15.2. The Morgan fingerprint density at radius 3 is 2.36 bits per heavy atom. The summed E-state index contributed by atoms with van der Waals surface area (Å²) in [6, 6.07) is -1.18. The molecule has 238 valence electrons. The van der Waals surface area contributed by atoms with Gasteiger partial charge in [0.2, 0.25) is 11.8 Å². The minimum atomic E-state index is -2.87. The molecule has 3 fully saturated rings. The summed E-state index contributed by atoms with van der Waals surface area (Å²) in [6.07, 6.45) is 2.47. The number of amides is 2. The standard InChI is InChI=1S/C27H33F5N10O2/c1-14(2)41-19(7-10-33-41)24(43)35-20(15-5-8-26(29,30)9-6-15)25(44)34-18-13-40(37-22(18)28)21(16-3-4-16)23-36-38-39-42(23)17-11-27(31,32)12-17/h7,10,13-17,20-21H,3-6,8-9,11-12H2,1-2H3,(H,34,44)(H,35,43)/t20-,21?/m0/s1. The largest absolute Gasteiger partial charge is 0.339 e. The van der Waals surface area contributed by atoms with E-state index in [0.29, 0.717) is 0 Å². The average molecular weight is 625 g/mol. The van der Waals surface area contributed by atoms with Crippen molar-refractivity contribution >= 4 is 17.5 Å². The molecule has 6 rings (SSSR count). The smallest absolute Gasteiger partial charge is 0.270 e. The molecule has 2 atom stereocenters. The van der Waals surface area contributed by atoms with Gasteiger partial charge in [-0.2, -0.15) is 9.49 Å². The molecule has 3 aromatic heterocycles. The number of nitrogens with zero attached hydrogens (tertiary/aromatic N) is 8. The molecule has 3 aromatic rings. The lowest BCUT2D eigenvalue weighted by atomic mass is 9.81. The lowest BCUT2D eigenvalue weighted by molar-refractivity contribution is -0.121. The molecule has 1 unspecified atom stereocenters. The molecule has 0 radical (unpaired) electrons. The van der Waals surface area contributed by atoms with Crippen LogP contribution in [0.3, 0.4) is 0 Å². The molecule has 44 heavy (non-hydrogen) atoms. The highest BCUT2D eigenvalue weighted by molar-refractivity contribution is 6.00. The first kappa shape index (κ1) is 30.1. The highest BCUT2D eigenvalue weighted by Gasteiger charge is 2.49. The third kappa shape index (κ3) is 6.04. The predicted octanol–water partition coefficient (Wildman–Crippen LogP) is 4.32. The van der Waals surface area contributed by atoms with Gasteiger partial charge in [0.25, 0.3) is 17.8 Å². The summed E-state index contributed by atoms with van der Waals surface area (Å²) < 4.78 is 74.4. The second kappa shape index (κ2) is 11.2. The van der Waals surface area contributed by atoms with Crippen molar-refractivity contribution in [3.8, 4) is 0 Å². The van der Waals surface area contributed by atoms with Crippen LogP contribution in [0, 0.1) is 17.8 Å². The maximum Gasteiger partial charge on any atom is 0.270 e. The van der Waals surface area contributed by atoms with E-state index < -0.39 is 79.3 Å². The highest BCUT2D eigenvalue weighted by Crippen LogP contribution is 2.48. The molecule has 3 aliphatic carbocycles. The molecule has 0 saturated heterocycles. The second-order valence-corrected chi connectivity index (χ2v) is 12.4. The molecular formula is C27H33F5N10O2. The minimum Gasteiger partial charge on any atom is -0.339 e. The van der Waals surface area contributed by atoms with E-state index in [1.165, 1.54) is 32.5 Å². The van der Waals surface area contributed by atoms with Gasteiger partial charge in [0, 0.05) is 37.9 Å². The Morgan fingerprint density at radius 1 is 1.02 bits per heavy atom. The molecule has 0 aromatic carbocycles. The van der Waals surface area contributed by atoms with Crippen molar-refractivity contribution in [2.75, 3.05) is 5.32 Å². The molecule has 0 bridgehead atoms. The fourth-order valence-corrected chi connectivity index (χ4v) is 6.14. The molecule has 3 heterocycles. The Morgan fingerprint density at radius 2 is 1.73 bits per heavy atom. The van der Waals surface area contributed by atoms with Gasteiger partial charge >= 0.3 is 0 Å². The third-order valence-corrected chi connectivity index (χ3v) is 8.69. The number of hydrogen-bond donors (Lipinski definition) is 2. The van der Waals surface area contributed by atoms with Crippen LogP contribution in [0.25, 0.3) is 0 Å². The van der Waals surface area contributed by atoms with Crippen molar-refractivity contribution in [2.24, 2.45) is 11.8 Å². The Labute approximate surface area is 248 Å². The van der Waals surface area contributed by atoms with Crippen LogP contribution >= 0.6 is 0 Å². The van der Waals surface area contributed by atoms with Crippen molar-refractivity contribution in [3.63, 3.8) is 0 Å². The van der Waals surface area contributed by atoms with E-state index in [9.17, 15) is 27.2 Å². The molecule has 2 N–H and O–H groups in total. The number of halogens is 5. The topological polar surface area (TPSA) is 137 Å². The number of anilines is 1. The van der Waals surface area contributed by atoms with E-state index >= 15 is 4.39 Å². The Hall–Kier alpha value is -3.92. The van der Waals surface area contributed by atoms with Crippen molar-refractivity contribution < 1.29 is 31.5 Å². The number of aromatic nitrogens is 8. The van der Waals surface area contributed by atoms with Crippen molar-refractivity contribution in [1.82, 2.24) is 45.1 Å². The average Bonchev–Trinajstić information content (AvgIpc) is 3.30. The SMILES string of the molecule is CC(C)n1nccc1C(=O)N[C@H](C(=O)Nc1cn(C(c2nnnn2C2CC(F)(F)C2)C2CC2)nc1F)C1CCC(F)(F)CC1. The van der Waals surface area contributed by atoms with Crippen LogP contribution in [0.1, 0.15) is 99.7 Å². The van der Waals surface area contributed by atoms with E-state index in [1.807, 2.05) is 13.8 Å². The van der Waals surface area contributed by atoms with Gasteiger partial charge in [-0.25, -0.2) is 22.2 Å². The van der Waals surface area contributed by atoms with Gasteiger partial charge in [0.1, 0.15) is 23.5 Å². The fraction of sp³-hybridized carbons (Fsp3) is 0.667. The van der Waals surface area contributed by atoms with E-state index in [-0.39, 0.29) is 42.0 Å². The summed E-state index contributed by atoms with van der Waals surface area (Å²) in [5.74, 6) is -8.47. The number of carbonyl (C=O) groups is 2. The van der Waals surface area contributed by atoms with Gasteiger partial charge in [-0.3, -0.25) is 19.0 Å². The van der Waals surface area contributed by atoms with Gasteiger partial charge < -0.3 is 10.6 Å². The van der Waals surface area contributed by atoms with E-state index in [1.54, 1.807) is 0 Å². The number of carbonyl (C=O) groups excluding carboxylic acids is 2. The molecule has 0 aliphatic heterocycles. The van der Waals surface area contributed by atoms with Gasteiger partial charge in [-0.15, -0.1) is 10.2 Å². The van der Waals surface area contributed by atoms with Crippen molar-refractivity contribution in [1.29, 1.82) is 0 Å². The van der Waals surface area contributed by atoms with Crippen LogP contribution in [0.5, 0.6) is 0 Å². The van der Waals surface area contributed by atoms with Crippen LogP contribution in [0.15, 0.2) is 18.5 Å². The molecule has 3 saturated carbocycles. The highest BCUT2D eigenvalue weighted by atomic mass is 19.3. The maximum absolute atomic E-state index is 15.2. The first-order valence-electron chi connectivity index (χ1n) is 14.8. The first-order valence-corrected chi connectivity index (χ1v) is 14.8. The van der Waals surface area contributed by atoms with E-state index in [0.717, 1.165) is 12.8 Å². The summed E-state index contributed by atoms with van der Waals surface area (Å²) in [4.78, 5) is 26.8. The third-order valence-electron chi connectivity index (χ3n) is 8.69. The second-order valence-electron chi connectivity index (χ2n) is 12.4. The lowest BCUT2D eigenvalue weighted by Gasteiger charge is -2.35. The van der Waals surface area contributed by atoms with Crippen molar-refractivity contribution in [3.05, 3.63) is 35.9 Å². The zero-order valence-corrected chi connectivity index (χ0v) is 24.1. The Kier molecular flexibility index (Phi) is 7.68. The normalized spacial score (nSPS) is 21.5. The molecule has 0 spiro atoms. The number of alkyl halides is 4. The number of tetrazole rings is 1. The quantitative estimate of drug-likeness (QED) is 0.321. The number of rotatable bonds is 10. The number of nitrogens with one attached hydrogen (secondary N) is 2. The molecule has 17 heteroatoms. The Bertz CT molecular complexity index is 1510. The predicted molar refractivity (Wildman–Crippen MR) is 143 cm³/mol. The van der Waals surface area contributed by atoms with Gasteiger partial charge in [0.05, 0.1) is 12.2 Å². The summed E-state index contributed by atoms with van der Waals surface area (Å²) >= 11 is 0. The summed E-state index contributed by atoms with van der Waals surface area (Å²) in [5, 5.41) is 24.9. The zero-order chi connectivity index (χ0) is 31.4. The summed E-state index contributed by atoms with van der Waals surface area (Å²) in [7, 11) is 0. The van der Waals surface area contributed by atoms with Gasteiger partial charge in [-0.05, 0) is 67.9 Å². The molecule has 2 amide bonds. The van der Waals surface area contributed by atoms with Crippen LogP contribution < -0.4 is 10.6 Å². The van der Waals surface area contributed by atoms with E-state index in [4.69, 9.17) is 0 Å². The van der Waals surface area contributed by atoms with Crippen LogP contribution in [-0.2, 0) is 4.79 Å². The van der Waals surface area contributed by atoms with Gasteiger partial charge in [0.15, 0.2) is 5.82 Å². The molecular weight excluding hydrogens is 591 g/mol. The monoisotopic (exact) mass is 624 g/mol. The molecule has 12 nitrogen and oxygen atoms in total. The molecule has 3 aliphatic rings. The van der Waals surface area contributed by atoms with Crippen LogP contribution in [-0.4, -0.2) is 69.5 Å². The fourth-order valence-electron chi connectivity index (χ4n) is 6.14. The number of hydrogen-bond acceptors (Lipinski definition) is 7. The Balaban J connectivity index is 1.23. The summed E-state index contributed by atoms with van der Waals surface area (Å²) in [5.41, 5.74) is -0.102. The summed E-state index contributed by atoms with van der Waals surface area (Å²) in [6.45, 7) is 3.65. The minimum absolute atomic E-state index is 0.0232. The van der Waals surface area contributed by atoms with Crippen molar-refractivity contribution in [2.45, 2.75) is 101 Å². The van der Waals surface area contributed by atoms with Crippen LogP contribution in [0.2, 0.25) is 0 Å². The van der Waals surface area contributed by atoms with E-state index in [2.05, 4.69) is 36.4 Å². The lowest BCUT2D eigenvalue weighted by Crippen LogP contribution is -2.50. The first-order chi connectivity index (χ1) is 20.8. The van der Waals surface area contributed by atoms with Gasteiger partial charge in [-0.1, -0.05) is 0 Å². The zero-order valence-electron chi connectivity index (χ0n) is 24.1. The van der Waals surface area contributed by atoms with Crippen LogP contribution in [0.4, 0.5) is 27.6 Å².